The minimum Gasteiger partial charge on any atom is -0.507 e. The Morgan fingerprint density at radius 1 is 1.06 bits per heavy atom. The van der Waals surface area contributed by atoms with Crippen LogP contribution in [0.15, 0.2) is 54.1 Å². The third kappa shape index (κ3) is 4.59. The maximum absolute atomic E-state index is 13.0. The number of amides is 1. The molecule has 2 aromatic rings. The molecule has 0 saturated carbocycles. The first-order valence-electron chi connectivity index (χ1n) is 10.4. The highest BCUT2D eigenvalue weighted by Gasteiger charge is 2.45. The van der Waals surface area contributed by atoms with Crippen LogP contribution in [0.5, 0.6) is 11.5 Å². The van der Waals surface area contributed by atoms with Gasteiger partial charge in [-0.3, -0.25) is 9.59 Å². The summed E-state index contributed by atoms with van der Waals surface area (Å²) in [4.78, 5) is 29.5. The first-order valence-corrected chi connectivity index (χ1v) is 10.4. The zero-order chi connectivity index (χ0) is 22.0. The molecule has 8 heteroatoms. The molecular weight excluding hydrogens is 432 g/mol. The van der Waals surface area contributed by atoms with Crippen molar-refractivity contribution in [2.45, 2.75) is 12.5 Å². The standard InChI is InChI=1S/C24H26N2O5.ClH/c1-25(2)11-6-12-26-21(16-7-4-3-5-8-16)20(23(28)24(26)29)22(27)17-9-10-18-19(15-17)31-14-13-30-18;/h3-5,7-10,15,21,27H,6,11-14H2,1-2H3;1H/b22-20+;. The number of Topliss-reactive ketones (excluding diaryl/α,β-unsaturated/α-hetero) is 1. The fourth-order valence-electron chi connectivity index (χ4n) is 4.00. The molecule has 0 aromatic heterocycles. The van der Waals surface area contributed by atoms with Crippen LogP contribution in [0.1, 0.15) is 23.6 Å². The van der Waals surface area contributed by atoms with Crippen molar-refractivity contribution in [1.82, 2.24) is 9.80 Å². The van der Waals surface area contributed by atoms with Crippen LogP contribution in [-0.2, 0) is 9.59 Å². The Kier molecular flexibility index (Phi) is 7.43. The number of halogens is 1. The second kappa shape index (κ2) is 10.1. The smallest absolute Gasteiger partial charge is 0.295 e. The summed E-state index contributed by atoms with van der Waals surface area (Å²) in [7, 11) is 3.93. The number of aliphatic hydroxyl groups is 1. The Morgan fingerprint density at radius 2 is 1.75 bits per heavy atom. The summed E-state index contributed by atoms with van der Waals surface area (Å²) in [5.41, 5.74) is 1.29. The van der Waals surface area contributed by atoms with Gasteiger partial charge in [-0.15, -0.1) is 12.4 Å². The maximum Gasteiger partial charge on any atom is 0.295 e. The van der Waals surface area contributed by atoms with Gasteiger partial charge >= 0.3 is 0 Å². The number of fused-ring (bicyclic) bond motifs is 1. The van der Waals surface area contributed by atoms with E-state index in [1.807, 2.05) is 49.3 Å². The second-order valence-corrected chi connectivity index (χ2v) is 7.92. The molecule has 4 rings (SSSR count). The zero-order valence-electron chi connectivity index (χ0n) is 18.1. The Bertz CT molecular complexity index is 1020. The molecule has 1 N–H and O–H groups in total. The van der Waals surface area contributed by atoms with Crippen LogP contribution >= 0.6 is 12.4 Å². The van der Waals surface area contributed by atoms with Crippen molar-refractivity contribution < 1.29 is 24.2 Å². The van der Waals surface area contributed by atoms with E-state index in [1.165, 1.54) is 0 Å². The van der Waals surface area contributed by atoms with Crippen molar-refractivity contribution >= 4 is 29.9 Å². The molecule has 0 bridgehead atoms. The third-order valence-electron chi connectivity index (χ3n) is 5.48. The maximum atomic E-state index is 13.0. The van der Waals surface area contributed by atoms with Gasteiger partial charge < -0.3 is 24.4 Å². The number of carbonyl (C=O) groups excluding carboxylic acids is 2. The summed E-state index contributed by atoms with van der Waals surface area (Å²) < 4.78 is 11.1. The van der Waals surface area contributed by atoms with Crippen LogP contribution in [0.3, 0.4) is 0 Å². The number of benzene rings is 2. The minimum atomic E-state index is -0.675. The normalized spacial score (nSPS) is 19.2. The van der Waals surface area contributed by atoms with Crippen LogP contribution in [-0.4, -0.2) is 67.0 Å². The fraction of sp³-hybridized carbons (Fsp3) is 0.333. The van der Waals surface area contributed by atoms with E-state index in [-0.39, 0.29) is 23.7 Å². The highest BCUT2D eigenvalue weighted by atomic mass is 35.5. The predicted molar refractivity (Wildman–Crippen MR) is 123 cm³/mol. The quantitative estimate of drug-likeness (QED) is 0.406. The van der Waals surface area contributed by atoms with E-state index in [4.69, 9.17) is 9.47 Å². The molecule has 1 unspecified atom stereocenters. The molecule has 1 amide bonds. The molecule has 1 atom stereocenters. The van der Waals surface area contributed by atoms with Gasteiger partial charge in [0.15, 0.2) is 11.5 Å². The molecule has 2 aliphatic rings. The molecule has 0 aliphatic carbocycles. The molecule has 170 valence electrons. The lowest BCUT2D eigenvalue weighted by Crippen LogP contribution is -2.32. The second-order valence-electron chi connectivity index (χ2n) is 7.92. The van der Waals surface area contributed by atoms with Crippen LogP contribution in [0.2, 0.25) is 0 Å². The van der Waals surface area contributed by atoms with E-state index in [1.54, 1.807) is 23.1 Å². The number of rotatable bonds is 6. The number of nitrogens with zero attached hydrogens (tertiary/aromatic N) is 2. The summed E-state index contributed by atoms with van der Waals surface area (Å²) in [6.45, 7) is 2.08. The van der Waals surface area contributed by atoms with Crippen LogP contribution in [0, 0.1) is 0 Å². The van der Waals surface area contributed by atoms with E-state index < -0.39 is 17.7 Å². The van der Waals surface area contributed by atoms with Gasteiger partial charge in [-0.05, 0) is 50.8 Å². The number of hydrogen-bond donors (Lipinski definition) is 1. The number of ketones is 1. The highest BCUT2D eigenvalue weighted by Crippen LogP contribution is 2.41. The van der Waals surface area contributed by atoms with E-state index in [9.17, 15) is 14.7 Å². The monoisotopic (exact) mass is 458 g/mol. The molecule has 1 fully saturated rings. The average molecular weight is 459 g/mol. The molecule has 0 radical (unpaired) electrons. The topological polar surface area (TPSA) is 79.3 Å². The molecule has 2 heterocycles. The van der Waals surface area contributed by atoms with Gasteiger partial charge in [0.1, 0.15) is 19.0 Å². The van der Waals surface area contributed by atoms with Crippen LogP contribution in [0.4, 0.5) is 0 Å². The van der Waals surface area contributed by atoms with Gasteiger partial charge in [0, 0.05) is 12.1 Å². The molecule has 7 nitrogen and oxygen atoms in total. The summed E-state index contributed by atoms with van der Waals surface area (Å²) in [5.74, 6) is -0.379. The van der Waals surface area contributed by atoms with E-state index in [0.29, 0.717) is 43.2 Å². The number of ether oxygens (including phenoxy) is 2. The van der Waals surface area contributed by atoms with Crippen LogP contribution < -0.4 is 9.47 Å². The van der Waals surface area contributed by atoms with Crippen molar-refractivity contribution in [3.63, 3.8) is 0 Å². The van der Waals surface area contributed by atoms with Gasteiger partial charge in [-0.2, -0.15) is 0 Å². The van der Waals surface area contributed by atoms with Gasteiger partial charge in [0.05, 0.1) is 11.6 Å². The van der Waals surface area contributed by atoms with Gasteiger partial charge in [0.2, 0.25) is 0 Å². The van der Waals surface area contributed by atoms with Crippen molar-refractivity contribution in [2.75, 3.05) is 40.4 Å². The molecule has 2 aromatic carbocycles. The Labute approximate surface area is 193 Å². The molecule has 0 spiro atoms. The Balaban J connectivity index is 0.00000289. The average Bonchev–Trinajstić information content (AvgIpc) is 3.03. The van der Waals surface area contributed by atoms with E-state index in [2.05, 4.69) is 0 Å². The summed E-state index contributed by atoms with van der Waals surface area (Å²) in [6.07, 6.45) is 0.716. The fourth-order valence-corrected chi connectivity index (χ4v) is 4.00. The largest absolute Gasteiger partial charge is 0.507 e. The van der Waals surface area contributed by atoms with Crippen molar-refractivity contribution in [2.24, 2.45) is 0 Å². The predicted octanol–water partition coefficient (Wildman–Crippen LogP) is 3.25. The Morgan fingerprint density at radius 3 is 2.44 bits per heavy atom. The first-order chi connectivity index (χ1) is 15.0. The molecule has 2 aliphatic heterocycles. The molecular formula is C24H27ClN2O5. The third-order valence-corrected chi connectivity index (χ3v) is 5.48. The SMILES string of the molecule is CN(C)CCCN1C(=O)C(=O)/C(=C(/O)c2ccc3c(c2)OCCO3)C1c1ccccc1.Cl. The lowest BCUT2D eigenvalue weighted by Gasteiger charge is -2.26. The van der Waals surface area contributed by atoms with E-state index >= 15 is 0 Å². The first kappa shape index (κ1) is 23.6. The van der Waals surface area contributed by atoms with E-state index in [0.717, 1.165) is 12.1 Å². The van der Waals surface area contributed by atoms with Crippen molar-refractivity contribution in [3.8, 4) is 11.5 Å². The Hall–Kier alpha value is -3.03. The molecule has 32 heavy (non-hydrogen) atoms. The number of aliphatic hydroxyl groups excluding tert-OH is 1. The lowest BCUT2D eigenvalue weighted by atomic mass is 9.95. The number of likely N-dealkylation sites (tertiary alicyclic amines) is 1. The lowest BCUT2D eigenvalue weighted by molar-refractivity contribution is -0.139. The summed E-state index contributed by atoms with van der Waals surface area (Å²) in [6, 6.07) is 13.7. The number of carbonyl (C=O) groups is 2. The molecule has 1 saturated heterocycles. The van der Waals surface area contributed by atoms with Gasteiger partial charge in [-0.1, -0.05) is 30.3 Å². The van der Waals surface area contributed by atoms with Crippen molar-refractivity contribution in [1.29, 1.82) is 0 Å². The number of hydrogen-bond acceptors (Lipinski definition) is 6. The minimum absolute atomic E-state index is 0. The summed E-state index contributed by atoms with van der Waals surface area (Å²) in [5, 5.41) is 11.1. The van der Waals surface area contributed by atoms with Crippen LogP contribution in [0.25, 0.3) is 5.76 Å². The van der Waals surface area contributed by atoms with Gasteiger partial charge in [-0.25, -0.2) is 0 Å². The van der Waals surface area contributed by atoms with Gasteiger partial charge in [0.25, 0.3) is 11.7 Å². The highest BCUT2D eigenvalue weighted by molar-refractivity contribution is 6.46. The summed E-state index contributed by atoms with van der Waals surface area (Å²) >= 11 is 0. The zero-order valence-corrected chi connectivity index (χ0v) is 18.9. The van der Waals surface area contributed by atoms with Crippen molar-refractivity contribution in [3.05, 3.63) is 65.2 Å².